The molecule has 1 aliphatic carbocycles. The molecule has 4 rings (SSSR count). The minimum absolute atomic E-state index is 0.0124. The van der Waals surface area contributed by atoms with Crippen LogP contribution in [0.2, 0.25) is 0 Å². The van der Waals surface area contributed by atoms with Gasteiger partial charge in [0.05, 0.1) is 12.6 Å². The van der Waals surface area contributed by atoms with E-state index in [-0.39, 0.29) is 48.1 Å². The molecule has 31 heavy (non-hydrogen) atoms. The Morgan fingerprint density at radius 2 is 1.77 bits per heavy atom. The van der Waals surface area contributed by atoms with E-state index in [0.717, 1.165) is 17.5 Å². The average Bonchev–Trinajstić information content (AvgIpc) is 2.75. The van der Waals surface area contributed by atoms with Crippen LogP contribution in [0.1, 0.15) is 48.4 Å². The summed E-state index contributed by atoms with van der Waals surface area (Å²) in [5.41, 5.74) is 3.07. The number of rotatable bonds is 4. The van der Waals surface area contributed by atoms with Gasteiger partial charge in [-0.25, -0.2) is 4.39 Å². The molecule has 1 atom stereocenters. The summed E-state index contributed by atoms with van der Waals surface area (Å²) in [6.07, 6.45) is 2.74. The van der Waals surface area contributed by atoms with Gasteiger partial charge in [-0.1, -0.05) is 36.4 Å². The number of hydrogen-bond donors (Lipinski definition) is 0. The Balaban J connectivity index is 1.46. The van der Waals surface area contributed by atoms with Crippen LogP contribution in [0.5, 0.6) is 0 Å². The van der Waals surface area contributed by atoms with Gasteiger partial charge < -0.3 is 4.90 Å². The van der Waals surface area contributed by atoms with Crippen LogP contribution in [0.15, 0.2) is 53.5 Å². The van der Waals surface area contributed by atoms with Gasteiger partial charge in [0.1, 0.15) is 23.3 Å². The van der Waals surface area contributed by atoms with Crippen molar-refractivity contribution in [3.8, 4) is 0 Å². The zero-order valence-electron chi connectivity index (χ0n) is 17.5. The molecular weight excluding hydrogens is 395 g/mol. The van der Waals surface area contributed by atoms with E-state index >= 15 is 0 Å². The van der Waals surface area contributed by atoms with Crippen molar-refractivity contribution in [3.05, 3.63) is 71.0 Å². The van der Waals surface area contributed by atoms with Crippen LogP contribution in [0, 0.1) is 11.7 Å². The van der Waals surface area contributed by atoms with Crippen molar-refractivity contribution < 1.29 is 18.8 Å². The Kier molecular flexibility index (Phi) is 6.07. The van der Waals surface area contributed by atoms with Crippen molar-refractivity contribution in [2.45, 2.75) is 38.1 Å². The van der Waals surface area contributed by atoms with Gasteiger partial charge in [0.25, 0.3) is 0 Å². The summed E-state index contributed by atoms with van der Waals surface area (Å²) < 4.78 is 13.2. The molecule has 5 nitrogen and oxygen atoms in total. The van der Waals surface area contributed by atoms with E-state index in [1.165, 1.54) is 23.9 Å². The first-order valence-corrected chi connectivity index (χ1v) is 10.6. The minimum atomic E-state index is -0.846. The van der Waals surface area contributed by atoms with Gasteiger partial charge >= 0.3 is 0 Å². The SMILES string of the molecule is CC(=O)N1CCc2ccccc2[C@H]1CN=CC1C(=O)CC(c2ccc(F)cc2)CC1=O. The number of ketones is 2. The third-order valence-corrected chi connectivity index (χ3v) is 6.28. The first-order valence-electron chi connectivity index (χ1n) is 10.6. The van der Waals surface area contributed by atoms with Crippen LogP contribution >= 0.6 is 0 Å². The number of benzene rings is 2. The molecule has 0 bridgehead atoms. The summed E-state index contributed by atoms with van der Waals surface area (Å²) in [5.74, 6) is -1.75. The quantitative estimate of drug-likeness (QED) is 0.560. The van der Waals surface area contributed by atoms with Crippen LogP contribution in [0.3, 0.4) is 0 Å². The molecule has 2 aliphatic rings. The van der Waals surface area contributed by atoms with E-state index in [9.17, 15) is 18.8 Å². The molecule has 0 saturated heterocycles. The maximum absolute atomic E-state index is 13.2. The smallest absolute Gasteiger partial charge is 0.220 e. The summed E-state index contributed by atoms with van der Waals surface area (Å²) in [6, 6.07) is 13.8. The van der Waals surface area contributed by atoms with Crippen LogP contribution in [-0.4, -0.2) is 41.7 Å². The molecule has 1 fully saturated rings. The van der Waals surface area contributed by atoms with Crippen molar-refractivity contribution in [2.75, 3.05) is 13.1 Å². The molecule has 0 aromatic heterocycles. The lowest BCUT2D eigenvalue weighted by Crippen LogP contribution is -2.40. The van der Waals surface area contributed by atoms with Gasteiger partial charge in [0, 0.05) is 32.5 Å². The monoisotopic (exact) mass is 420 g/mol. The third-order valence-electron chi connectivity index (χ3n) is 6.28. The average molecular weight is 420 g/mol. The molecule has 0 N–H and O–H groups in total. The van der Waals surface area contributed by atoms with E-state index < -0.39 is 5.92 Å². The predicted octanol–water partition coefficient (Wildman–Crippen LogP) is 3.67. The molecular formula is C25H25FN2O3. The van der Waals surface area contributed by atoms with Crippen LogP contribution in [-0.2, 0) is 20.8 Å². The van der Waals surface area contributed by atoms with Gasteiger partial charge in [-0.2, -0.15) is 0 Å². The Bertz CT molecular complexity index is 1010. The number of hydrogen-bond acceptors (Lipinski definition) is 4. The highest BCUT2D eigenvalue weighted by Gasteiger charge is 2.35. The summed E-state index contributed by atoms with van der Waals surface area (Å²) in [4.78, 5) is 43.7. The highest BCUT2D eigenvalue weighted by Crippen LogP contribution is 2.32. The normalized spacial score (nSPS) is 23.8. The number of halogens is 1. The molecule has 160 valence electrons. The molecule has 2 aromatic carbocycles. The Labute approximate surface area is 181 Å². The number of amides is 1. The van der Waals surface area contributed by atoms with E-state index in [0.29, 0.717) is 13.1 Å². The number of Topliss-reactive ketones (excluding diaryl/α,β-unsaturated/α-hetero) is 2. The summed E-state index contributed by atoms with van der Waals surface area (Å²) >= 11 is 0. The zero-order chi connectivity index (χ0) is 22.0. The second-order valence-corrected chi connectivity index (χ2v) is 8.26. The molecule has 0 spiro atoms. The molecule has 1 heterocycles. The Morgan fingerprint density at radius 1 is 1.10 bits per heavy atom. The highest BCUT2D eigenvalue weighted by atomic mass is 19.1. The fraction of sp³-hybridized carbons (Fsp3) is 0.360. The van der Waals surface area contributed by atoms with Gasteiger partial charge in [0.2, 0.25) is 5.91 Å². The van der Waals surface area contributed by atoms with Crippen molar-refractivity contribution in [1.82, 2.24) is 4.90 Å². The van der Waals surface area contributed by atoms with Crippen LogP contribution < -0.4 is 0 Å². The molecule has 2 aromatic rings. The summed E-state index contributed by atoms with van der Waals surface area (Å²) in [5, 5.41) is 0. The lowest BCUT2D eigenvalue weighted by molar-refractivity contribution is -0.133. The van der Waals surface area contributed by atoms with Crippen molar-refractivity contribution in [3.63, 3.8) is 0 Å². The van der Waals surface area contributed by atoms with E-state index in [1.54, 1.807) is 24.0 Å². The first kappa shape index (κ1) is 21.1. The molecule has 1 saturated carbocycles. The molecule has 0 unspecified atom stereocenters. The van der Waals surface area contributed by atoms with Crippen molar-refractivity contribution >= 4 is 23.7 Å². The van der Waals surface area contributed by atoms with Crippen LogP contribution in [0.25, 0.3) is 0 Å². The Morgan fingerprint density at radius 3 is 2.45 bits per heavy atom. The predicted molar refractivity (Wildman–Crippen MR) is 116 cm³/mol. The number of nitrogens with zero attached hydrogens (tertiary/aromatic N) is 2. The molecule has 0 radical (unpaired) electrons. The lowest BCUT2D eigenvalue weighted by atomic mass is 9.77. The second kappa shape index (κ2) is 8.92. The van der Waals surface area contributed by atoms with E-state index in [4.69, 9.17) is 0 Å². The minimum Gasteiger partial charge on any atom is -0.334 e. The standard InChI is InChI=1S/C25H25FN2O3/c1-16(29)28-11-10-18-4-2-3-5-21(18)23(28)15-27-14-22-24(30)12-19(13-25(22)31)17-6-8-20(26)9-7-17/h2-9,14,19,22-23H,10-13,15H2,1H3/t19?,22?,23-/m1/s1. The van der Waals surface area contributed by atoms with Gasteiger partial charge in [-0.05, 0) is 41.2 Å². The van der Waals surface area contributed by atoms with Gasteiger partial charge in [0.15, 0.2) is 0 Å². The maximum atomic E-state index is 13.2. The third kappa shape index (κ3) is 4.48. The molecule has 1 aliphatic heterocycles. The largest absolute Gasteiger partial charge is 0.334 e. The maximum Gasteiger partial charge on any atom is 0.220 e. The van der Waals surface area contributed by atoms with E-state index in [2.05, 4.69) is 11.1 Å². The fourth-order valence-corrected chi connectivity index (χ4v) is 4.62. The molecule has 1 amide bonds. The summed E-state index contributed by atoms with van der Waals surface area (Å²) in [7, 11) is 0. The molecule has 6 heteroatoms. The number of fused-ring (bicyclic) bond motifs is 1. The summed E-state index contributed by atoms with van der Waals surface area (Å²) in [6.45, 7) is 2.50. The van der Waals surface area contributed by atoms with Crippen molar-refractivity contribution in [2.24, 2.45) is 10.9 Å². The van der Waals surface area contributed by atoms with Gasteiger partial charge in [-0.15, -0.1) is 0 Å². The highest BCUT2D eigenvalue weighted by molar-refractivity contribution is 6.16. The Hall–Kier alpha value is -3.15. The topological polar surface area (TPSA) is 66.8 Å². The number of aliphatic imine (C=N–C) groups is 1. The second-order valence-electron chi connectivity index (χ2n) is 8.26. The van der Waals surface area contributed by atoms with Crippen molar-refractivity contribution in [1.29, 1.82) is 0 Å². The first-order chi connectivity index (χ1) is 14.9. The fourth-order valence-electron chi connectivity index (χ4n) is 4.62. The lowest BCUT2D eigenvalue weighted by Gasteiger charge is -2.36. The number of carbonyl (C=O) groups is 3. The van der Waals surface area contributed by atoms with E-state index in [1.807, 2.05) is 18.2 Å². The van der Waals surface area contributed by atoms with Crippen LogP contribution in [0.4, 0.5) is 4.39 Å². The zero-order valence-corrected chi connectivity index (χ0v) is 17.5. The van der Waals surface area contributed by atoms with Gasteiger partial charge in [-0.3, -0.25) is 19.4 Å². The number of carbonyl (C=O) groups excluding carboxylic acids is 3.